The molecule has 27 heavy (non-hydrogen) atoms. The van der Waals surface area contributed by atoms with Crippen molar-refractivity contribution in [1.29, 1.82) is 0 Å². The topological polar surface area (TPSA) is 120 Å². The molecule has 0 bridgehead atoms. The highest BCUT2D eigenvalue weighted by Crippen LogP contribution is 2.20. The van der Waals surface area contributed by atoms with Crippen molar-refractivity contribution in [2.75, 3.05) is 12.8 Å². The number of aryl methyl sites for hydroxylation is 2. The molecule has 1 aliphatic heterocycles. The molecule has 0 saturated heterocycles. The van der Waals surface area contributed by atoms with Gasteiger partial charge in [0.25, 0.3) is 0 Å². The van der Waals surface area contributed by atoms with Gasteiger partial charge in [0.2, 0.25) is 10.0 Å². The fourth-order valence-electron chi connectivity index (χ4n) is 3.09. The van der Waals surface area contributed by atoms with Crippen molar-refractivity contribution in [2.45, 2.75) is 48.6 Å². The van der Waals surface area contributed by atoms with Crippen molar-refractivity contribution in [3.8, 4) is 0 Å². The van der Waals surface area contributed by atoms with E-state index in [4.69, 9.17) is 0 Å². The smallest absolute Gasteiger partial charge is 0.279 e. The van der Waals surface area contributed by atoms with E-state index >= 15 is 0 Å². The van der Waals surface area contributed by atoms with Gasteiger partial charge in [-0.3, -0.25) is 4.57 Å². The Morgan fingerprint density at radius 2 is 1.81 bits per heavy atom. The molecular weight excluding hydrogens is 392 g/mol. The molecule has 0 unspecified atom stereocenters. The molecule has 0 amide bonds. The number of rotatable bonds is 7. The number of aromatic nitrogens is 3. The summed E-state index contributed by atoms with van der Waals surface area (Å²) in [7, 11) is -7.66. The molecule has 148 valence electrons. The van der Waals surface area contributed by atoms with Gasteiger partial charge in [-0.1, -0.05) is 12.1 Å². The van der Waals surface area contributed by atoms with Crippen LogP contribution in [0, 0.1) is 0 Å². The van der Waals surface area contributed by atoms with Crippen LogP contribution in [0.2, 0.25) is 0 Å². The third kappa shape index (κ3) is 4.30. The number of fused-ring (bicyclic) bond motifs is 1. The van der Waals surface area contributed by atoms with Gasteiger partial charge in [-0.15, -0.1) is 0 Å². The Hall–Kier alpha value is -1.98. The van der Waals surface area contributed by atoms with Crippen LogP contribution in [-0.4, -0.2) is 44.0 Å². The molecule has 3 rings (SSSR count). The second-order valence-electron chi connectivity index (χ2n) is 6.50. The van der Waals surface area contributed by atoms with E-state index in [-0.39, 0.29) is 28.6 Å². The average molecular weight is 415 g/mol. The Morgan fingerprint density at radius 1 is 1.11 bits per heavy atom. The standard InChI is InChI=1S/C16H22N4O5S2/c1-26(22,23)13-7-2-3-8-14(13)27(24,25)17-10-6-12-20-16(21)19-11-5-4-9-15(19)18-20/h2-3,7-8,17H,4-6,9-12H2,1H3. The number of benzene rings is 1. The number of nitrogens with zero attached hydrogens (tertiary/aromatic N) is 3. The minimum Gasteiger partial charge on any atom is -0.279 e. The van der Waals surface area contributed by atoms with Crippen LogP contribution in [0.4, 0.5) is 0 Å². The van der Waals surface area contributed by atoms with Crippen LogP contribution in [0.25, 0.3) is 0 Å². The lowest BCUT2D eigenvalue weighted by Crippen LogP contribution is -2.30. The molecule has 0 fully saturated rings. The second-order valence-corrected chi connectivity index (χ2v) is 10.2. The summed E-state index contributed by atoms with van der Waals surface area (Å²) in [6, 6.07) is 5.46. The van der Waals surface area contributed by atoms with Crippen molar-refractivity contribution in [3.63, 3.8) is 0 Å². The molecular formula is C16H22N4O5S2. The molecule has 0 saturated carbocycles. The lowest BCUT2D eigenvalue weighted by Gasteiger charge is -2.10. The largest absolute Gasteiger partial charge is 0.345 e. The van der Waals surface area contributed by atoms with Gasteiger partial charge < -0.3 is 0 Å². The molecule has 1 aliphatic rings. The van der Waals surface area contributed by atoms with Crippen LogP contribution in [-0.2, 0) is 39.4 Å². The highest BCUT2D eigenvalue weighted by molar-refractivity contribution is 7.93. The van der Waals surface area contributed by atoms with Crippen LogP contribution >= 0.6 is 0 Å². The Bertz CT molecular complexity index is 1100. The lowest BCUT2D eigenvalue weighted by atomic mass is 10.2. The fourth-order valence-corrected chi connectivity index (χ4v) is 5.79. The minimum absolute atomic E-state index is 0.0645. The molecule has 0 atom stereocenters. The SMILES string of the molecule is CS(=O)(=O)c1ccccc1S(=O)(=O)NCCCn1nc2n(c1=O)CCCC2. The summed E-state index contributed by atoms with van der Waals surface area (Å²) in [6.07, 6.45) is 4.07. The maximum Gasteiger partial charge on any atom is 0.345 e. The number of sulfonamides is 1. The zero-order valence-corrected chi connectivity index (χ0v) is 16.6. The van der Waals surface area contributed by atoms with Crippen LogP contribution < -0.4 is 10.4 Å². The van der Waals surface area contributed by atoms with E-state index in [0.29, 0.717) is 13.0 Å². The van der Waals surface area contributed by atoms with Gasteiger partial charge >= 0.3 is 5.69 Å². The fraction of sp³-hybridized carbons (Fsp3) is 0.500. The molecule has 0 spiro atoms. The van der Waals surface area contributed by atoms with Crippen LogP contribution in [0.3, 0.4) is 0 Å². The Balaban J connectivity index is 1.66. The van der Waals surface area contributed by atoms with E-state index < -0.39 is 19.9 Å². The predicted molar refractivity (Wildman–Crippen MR) is 98.8 cm³/mol. The number of hydrogen-bond donors (Lipinski definition) is 1. The second kappa shape index (κ2) is 7.56. The molecule has 2 aromatic rings. The Kier molecular flexibility index (Phi) is 5.54. The molecule has 0 aliphatic carbocycles. The number of hydrogen-bond acceptors (Lipinski definition) is 6. The molecule has 2 heterocycles. The number of nitrogens with one attached hydrogen (secondary N) is 1. The normalized spacial score (nSPS) is 14.9. The first-order valence-electron chi connectivity index (χ1n) is 8.65. The summed E-state index contributed by atoms with van der Waals surface area (Å²) in [5.41, 5.74) is -0.171. The van der Waals surface area contributed by atoms with Gasteiger partial charge in [-0.2, -0.15) is 5.10 Å². The molecule has 11 heteroatoms. The van der Waals surface area contributed by atoms with E-state index in [1.165, 1.54) is 28.9 Å². The van der Waals surface area contributed by atoms with E-state index in [0.717, 1.165) is 31.3 Å². The third-order valence-electron chi connectivity index (χ3n) is 4.41. The van der Waals surface area contributed by atoms with Crippen molar-refractivity contribution < 1.29 is 16.8 Å². The van der Waals surface area contributed by atoms with Crippen LogP contribution in [0.15, 0.2) is 38.9 Å². The summed E-state index contributed by atoms with van der Waals surface area (Å²) >= 11 is 0. The Labute approximate surface area is 158 Å². The highest BCUT2D eigenvalue weighted by Gasteiger charge is 2.23. The van der Waals surface area contributed by atoms with Gasteiger partial charge in [0, 0.05) is 32.3 Å². The van der Waals surface area contributed by atoms with Crippen molar-refractivity contribution >= 4 is 19.9 Å². The molecule has 1 aromatic carbocycles. The zero-order valence-electron chi connectivity index (χ0n) is 15.0. The van der Waals surface area contributed by atoms with Gasteiger partial charge in [0.15, 0.2) is 9.84 Å². The monoisotopic (exact) mass is 414 g/mol. The number of sulfone groups is 1. The van der Waals surface area contributed by atoms with Crippen molar-refractivity contribution in [3.05, 3.63) is 40.6 Å². The molecule has 9 nitrogen and oxygen atoms in total. The van der Waals surface area contributed by atoms with E-state index in [1.807, 2.05) is 0 Å². The van der Waals surface area contributed by atoms with Crippen LogP contribution in [0.1, 0.15) is 25.1 Å². The predicted octanol–water partition coefficient (Wildman–Crippen LogP) is 0.153. The first-order chi connectivity index (χ1) is 12.7. The molecule has 1 aromatic heterocycles. The zero-order chi connectivity index (χ0) is 19.7. The lowest BCUT2D eigenvalue weighted by molar-refractivity contribution is 0.508. The van der Waals surface area contributed by atoms with Gasteiger partial charge in [0.1, 0.15) is 10.7 Å². The maximum absolute atomic E-state index is 12.5. The quantitative estimate of drug-likeness (QED) is 0.644. The third-order valence-corrected chi connectivity index (χ3v) is 7.21. The average Bonchev–Trinajstić information content (AvgIpc) is 2.94. The highest BCUT2D eigenvalue weighted by atomic mass is 32.2. The van der Waals surface area contributed by atoms with E-state index in [2.05, 4.69) is 9.82 Å². The van der Waals surface area contributed by atoms with E-state index in [9.17, 15) is 21.6 Å². The summed E-state index contributed by atoms with van der Waals surface area (Å²) < 4.78 is 54.0. The van der Waals surface area contributed by atoms with Crippen LogP contribution in [0.5, 0.6) is 0 Å². The first-order valence-corrected chi connectivity index (χ1v) is 12.0. The molecule has 0 radical (unpaired) electrons. The minimum atomic E-state index is -3.98. The van der Waals surface area contributed by atoms with Crippen molar-refractivity contribution in [2.24, 2.45) is 0 Å². The summed E-state index contributed by atoms with van der Waals surface area (Å²) in [4.78, 5) is 11.7. The van der Waals surface area contributed by atoms with Gasteiger partial charge in [0.05, 0.1) is 4.90 Å². The summed E-state index contributed by atoms with van der Waals surface area (Å²) in [5.74, 6) is 0.772. The molecule has 1 N–H and O–H groups in total. The van der Waals surface area contributed by atoms with Crippen molar-refractivity contribution in [1.82, 2.24) is 19.1 Å². The van der Waals surface area contributed by atoms with Gasteiger partial charge in [-0.25, -0.2) is 31.0 Å². The summed E-state index contributed by atoms with van der Waals surface area (Å²) in [5, 5.41) is 4.30. The summed E-state index contributed by atoms with van der Waals surface area (Å²) in [6.45, 7) is 1.02. The first kappa shape index (κ1) is 19.8. The maximum atomic E-state index is 12.5. The Morgan fingerprint density at radius 3 is 2.48 bits per heavy atom. The van der Waals surface area contributed by atoms with E-state index in [1.54, 1.807) is 4.57 Å². The van der Waals surface area contributed by atoms with Gasteiger partial charge in [-0.05, 0) is 31.4 Å².